The number of aromatic amines is 1. The summed E-state index contributed by atoms with van der Waals surface area (Å²) in [5, 5.41) is 12.7. The highest BCUT2D eigenvalue weighted by Crippen LogP contribution is 2.18. The van der Waals surface area contributed by atoms with Gasteiger partial charge in [0.15, 0.2) is 5.65 Å². The number of hydrogen-bond acceptors (Lipinski definition) is 4. The van der Waals surface area contributed by atoms with Crippen LogP contribution >= 0.6 is 0 Å². The number of aliphatic hydroxyl groups is 1. The molecule has 1 atom stereocenters. The third kappa shape index (κ3) is 3.21. The molecule has 0 unspecified atom stereocenters. The molecule has 2 aromatic heterocycles. The van der Waals surface area contributed by atoms with Crippen LogP contribution in [0, 0.1) is 0 Å². The fraction of sp³-hybridized carbons (Fsp3) is 0.533. The molecule has 0 aliphatic carbocycles. The number of nitrogens with one attached hydrogen (secondary N) is 2. The minimum Gasteiger partial charge on any atom is -0.388 e. The van der Waals surface area contributed by atoms with Gasteiger partial charge in [0.2, 0.25) is 0 Å². The molecule has 6 heteroatoms. The van der Waals surface area contributed by atoms with E-state index in [-0.39, 0.29) is 17.9 Å². The van der Waals surface area contributed by atoms with E-state index in [0.717, 1.165) is 5.69 Å². The van der Waals surface area contributed by atoms with Crippen molar-refractivity contribution in [2.45, 2.75) is 52.2 Å². The van der Waals surface area contributed by atoms with Gasteiger partial charge in [-0.25, -0.2) is 9.97 Å². The highest BCUT2D eigenvalue weighted by Gasteiger charge is 2.25. The summed E-state index contributed by atoms with van der Waals surface area (Å²) in [4.78, 5) is 24.1. The number of carbonyl (C=O) groups is 1. The molecule has 114 valence electrons. The Hall–Kier alpha value is -1.95. The molecule has 0 fully saturated rings. The Labute approximate surface area is 124 Å². The zero-order valence-corrected chi connectivity index (χ0v) is 13.1. The molecule has 3 N–H and O–H groups in total. The SMILES string of the molecule is CC(C)c1cnc2[nH]cc(C(=O)N[C@@H](C)C(C)(C)O)c2n1. The first kappa shape index (κ1) is 15.4. The second-order valence-electron chi connectivity index (χ2n) is 6.20. The summed E-state index contributed by atoms with van der Waals surface area (Å²) in [5.41, 5.74) is 1.43. The second-order valence-corrected chi connectivity index (χ2v) is 6.20. The van der Waals surface area contributed by atoms with Crippen LogP contribution in [0.4, 0.5) is 0 Å². The predicted octanol–water partition coefficient (Wildman–Crippen LogP) is 1.97. The maximum absolute atomic E-state index is 12.3. The van der Waals surface area contributed by atoms with Gasteiger partial charge in [0.05, 0.1) is 29.1 Å². The summed E-state index contributed by atoms with van der Waals surface area (Å²) in [6.07, 6.45) is 3.31. The van der Waals surface area contributed by atoms with Crippen LogP contribution < -0.4 is 5.32 Å². The van der Waals surface area contributed by atoms with Gasteiger partial charge in [-0.2, -0.15) is 0 Å². The van der Waals surface area contributed by atoms with Gasteiger partial charge in [0.1, 0.15) is 5.52 Å². The van der Waals surface area contributed by atoms with Crippen molar-refractivity contribution in [3.63, 3.8) is 0 Å². The second kappa shape index (κ2) is 5.44. The molecule has 0 aliphatic rings. The lowest BCUT2D eigenvalue weighted by Gasteiger charge is -2.26. The third-order valence-electron chi connectivity index (χ3n) is 3.64. The van der Waals surface area contributed by atoms with Crippen LogP contribution in [0.5, 0.6) is 0 Å². The number of H-pyrrole nitrogens is 1. The molecule has 0 saturated carbocycles. The highest BCUT2D eigenvalue weighted by atomic mass is 16.3. The smallest absolute Gasteiger partial charge is 0.255 e. The molecule has 0 saturated heterocycles. The monoisotopic (exact) mass is 290 g/mol. The van der Waals surface area contributed by atoms with E-state index in [0.29, 0.717) is 16.7 Å². The van der Waals surface area contributed by atoms with Crippen LogP contribution in [-0.2, 0) is 0 Å². The van der Waals surface area contributed by atoms with Crippen molar-refractivity contribution < 1.29 is 9.90 Å². The van der Waals surface area contributed by atoms with E-state index in [2.05, 4.69) is 20.3 Å². The number of fused-ring (bicyclic) bond motifs is 1. The third-order valence-corrected chi connectivity index (χ3v) is 3.64. The van der Waals surface area contributed by atoms with Crippen molar-refractivity contribution >= 4 is 17.1 Å². The molecule has 0 aliphatic heterocycles. The van der Waals surface area contributed by atoms with Gasteiger partial charge in [0, 0.05) is 6.20 Å². The number of rotatable bonds is 4. The summed E-state index contributed by atoms with van der Waals surface area (Å²) >= 11 is 0. The zero-order chi connectivity index (χ0) is 15.8. The lowest BCUT2D eigenvalue weighted by atomic mass is 10.0. The molecule has 2 rings (SSSR count). The first-order chi connectivity index (χ1) is 9.70. The van der Waals surface area contributed by atoms with Gasteiger partial charge in [-0.3, -0.25) is 4.79 Å². The van der Waals surface area contributed by atoms with Gasteiger partial charge < -0.3 is 15.4 Å². The Bertz CT molecular complexity index is 655. The van der Waals surface area contributed by atoms with E-state index in [9.17, 15) is 9.90 Å². The number of amides is 1. The lowest BCUT2D eigenvalue weighted by molar-refractivity contribution is 0.0409. The fourth-order valence-electron chi connectivity index (χ4n) is 1.81. The first-order valence-electron chi connectivity index (χ1n) is 7.07. The molecule has 0 bridgehead atoms. The van der Waals surface area contributed by atoms with Crippen LogP contribution in [0.2, 0.25) is 0 Å². The van der Waals surface area contributed by atoms with Crippen molar-refractivity contribution in [2.75, 3.05) is 0 Å². The topological polar surface area (TPSA) is 90.9 Å². The van der Waals surface area contributed by atoms with E-state index < -0.39 is 5.60 Å². The number of hydrogen-bond donors (Lipinski definition) is 3. The maximum Gasteiger partial charge on any atom is 0.255 e. The average Bonchev–Trinajstić information content (AvgIpc) is 2.80. The van der Waals surface area contributed by atoms with Gasteiger partial charge >= 0.3 is 0 Å². The molecule has 1 amide bonds. The first-order valence-corrected chi connectivity index (χ1v) is 7.07. The summed E-state index contributed by atoms with van der Waals surface area (Å²) < 4.78 is 0. The summed E-state index contributed by atoms with van der Waals surface area (Å²) in [6, 6.07) is -0.379. The summed E-state index contributed by atoms with van der Waals surface area (Å²) in [7, 11) is 0. The molecule has 0 aromatic carbocycles. The lowest BCUT2D eigenvalue weighted by Crippen LogP contribution is -2.47. The molecule has 2 aromatic rings. The quantitative estimate of drug-likeness (QED) is 0.803. The van der Waals surface area contributed by atoms with Gasteiger partial charge in [-0.15, -0.1) is 0 Å². The Morgan fingerprint density at radius 1 is 1.38 bits per heavy atom. The van der Waals surface area contributed by atoms with Crippen molar-refractivity contribution in [1.29, 1.82) is 0 Å². The molecular weight excluding hydrogens is 268 g/mol. The van der Waals surface area contributed by atoms with Gasteiger partial charge in [-0.05, 0) is 26.7 Å². The summed E-state index contributed by atoms with van der Waals surface area (Å²) in [6.45, 7) is 9.13. The predicted molar refractivity (Wildman–Crippen MR) is 81.2 cm³/mol. The molecule has 0 radical (unpaired) electrons. The zero-order valence-electron chi connectivity index (χ0n) is 13.1. The number of nitrogens with zero attached hydrogens (tertiary/aromatic N) is 2. The molecule has 6 nitrogen and oxygen atoms in total. The van der Waals surface area contributed by atoms with Crippen LogP contribution in [0.1, 0.15) is 56.6 Å². The molecule has 21 heavy (non-hydrogen) atoms. The van der Waals surface area contributed by atoms with Gasteiger partial charge in [0.25, 0.3) is 5.91 Å². The molecule has 2 heterocycles. The van der Waals surface area contributed by atoms with Crippen LogP contribution in [0.15, 0.2) is 12.4 Å². The van der Waals surface area contributed by atoms with Gasteiger partial charge in [-0.1, -0.05) is 13.8 Å². The van der Waals surface area contributed by atoms with E-state index >= 15 is 0 Å². The van der Waals surface area contributed by atoms with Crippen LogP contribution in [-0.4, -0.2) is 37.6 Å². The molecule has 0 spiro atoms. The summed E-state index contributed by atoms with van der Waals surface area (Å²) in [5.74, 6) is -0.0332. The minimum atomic E-state index is -0.990. The van der Waals surface area contributed by atoms with Crippen molar-refractivity contribution in [1.82, 2.24) is 20.3 Å². The molecular formula is C15H22N4O2. The van der Waals surface area contributed by atoms with E-state index in [1.165, 1.54) is 0 Å². The number of carbonyl (C=O) groups excluding carboxylic acids is 1. The van der Waals surface area contributed by atoms with Crippen molar-refractivity contribution in [2.24, 2.45) is 0 Å². The van der Waals surface area contributed by atoms with Crippen molar-refractivity contribution in [3.8, 4) is 0 Å². The van der Waals surface area contributed by atoms with Crippen LogP contribution in [0.25, 0.3) is 11.2 Å². The number of aromatic nitrogens is 3. The van der Waals surface area contributed by atoms with E-state index in [1.807, 2.05) is 13.8 Å². The van der Waals surface area contributed by atoms with E-state index in [1.54, 1.807) is 33.2 Å². The van der Waals surface area contributed by atoms with E-state index in [4.69, 9.17) is 0 Å². The fourth-order valence-corrected chi connectivity index (χ4v) is 1.81. The van der Waals surface area contributed by atoms with Crippen LogP contribution in [0.3, 0.4) is 0 Å². The van der Waals surface area contributed by atoms with Crippen molar-refractivity contribution in [3.05, 3.63) is 23.7 Å². The standard InChI is InChI=1S/C15H22N4O2/c1-8(2)11-7-17-13-12(19-11)10(6-16-13)14(20)18-9(3)15(4,5)21/h6-9,21H,1-5H3,(H,16,17)(H,18,20)/t9-/m0/s1. The maximum atomic E-state index is 12.3. The Morgan fingerprint density at radius 2 is 2.05 bits per heavy atom. The Balaban J connectivity index is 2.33. The normalized spacial score (nSPS) is 13.7. The Morgan fingerprint density at radius 3 is 2.62 bits per heavy atom. The average molecular weight is 290 g/mol. The Kier molecular flexibility index (Phi) is 4.00. The largest absolute Gasteiger partial charge is 0.388 e. The minimum absolute atomic E-state index is 0.239. The highest BCUT2D eigenvalue weighted by molar-refractivity contribution is 6.04.